The SMILES string of the molecule is Cc1cn(C(=O)OC(C)(C)C)c2c(Cl)ncc(C(=O)N(C)CC3CCOCC3)c12. The summed E-state index contributed by atoms with van der Waals surface area (Å²) in [4.78, 5) is 31.7. The summed E-state index contributed by atoms with van der Waals surface area (Å²) in [5.74, 6) is 0.275. The van der Waals surface area contributed by atoms with Gasteiger partial charge in [0.2, 0.25) is 0 Å². The van der Waals surface area contributed by atoms with E-state index in [0.717, 1.165) is 31.6 Å². The molecule has 0 spiro atoms. The lowest BCUT2D eigenvalue weighted by Gasteiger charge is -2.27. The van der Waals surface area contributed by atoms with Crippen molar-refractivity contribution in [3.8, 4) is 0 Å². The fourth-order valence-corrected chi connectivity index (χ4v) is 3.88. The molecule has 8 heteroatoms. The van der Waals surface area contributed by atoms with Crippen LogP contribution in [-0.2, 0) is 9.47 Å². The second-order valence-corrected chi connectivity index (χ2v) is 8.95. The number of ether oxygens (including phenoxy) is 2. The lowest BCUT2D eigenvalue weighted by Crippen LogP contribution is -2.34. The van der Waals surface area contributed by atoms with E-state index in [-0.39, 0.29) is 11.1 Å². The molecule has 7 nitrogen and oxygen atoms in total. The van der Waals surface area contributed by atoms with Crippen LogP contribution in [0.4, 0.5) is 4.79 Å². The number of hydrogen-bond acceptors (Lipinski definition) is 5. The number of aromatic nitrogens is 2. The van der Waals surface area contributed by atoms with Crippen molar-refractivity contribution >= 4 is 34.5 Å². The summed E-state index contributed by atoms with van der Waals surface area (Å²) in [6.07, 6.45) is 4.46. The molecule has 0 saturated carbocycles. The molecule has 0 bridgehead atoms. The van der Waals surface area contributed by atoms with Gasteiger partial charge in [-0.05, 0) is 52.0 Å². The lowest BCUT2D eigenvalue weighted by atomic mass is 9.99. The van der Waals surface area contributed by atoms with Crippen molar-refractivity contribution in [2.45, 2.75) is 46.1 Å². The highest BCUT2D eigenvalue weighted by Gasteiger charge is 2.27. The van der Waals surface area contributed by atoms with Crippen molar-refractivity contribution in [2.24, 2.45) is 5.92 Å². The minimum Gasteiger partial charge on any atom is -0.443 e. The third-order valence-corrected chi connectivity index (χ3v) is 5.28. The first kappa shape index (κ1) is 21.6. The number of pyridine rings is 1. The van der Waals surface area contributed by atoms with Gasteiger partial charge in [-0.3, -0.25) is 4.79 Å². The number of carbonyl (C=O) groups is 2. The van der Waals surface area contributed by atoms with E-state index in [1.54, 1.807) is 38.9 Å². The Morgan fingerprint density at radius 3 is 2.62 bits per heavy atom. The highest BCUT2D eigenvalue weighted by molar-refractivity contribution is 6.35. The van der Waals surface area contributed by atoms with Gasteiger partial charge >= 0.3 is 6.09 Å². The molecule has 1 aliphatic rings. The van der Waals surface area contributed by atoms with Gasteiger partial charge in [0.1, 0.15) is 5.60 Å². The van der Waals surface area contributed by atoms with Crippen LogP contribution in [0.3, 0.4) is 0 Å². The predicted molar refractivity (Wildman–Crippen MR) is 112 cm³/mol. The summed E-state index contributed by atoms with van der Waals surface area (Å²) in [6.45, 7) is 9.35. The average Bonchev–Trinajstić information content (AvgIpc) is 3.00. The molecule has 1 fully saturated rings. The van der Waals surface area contributed by atoms with Gasteiger partial charge in [-0.2, -0.15) is 0 Å². The van der Waals surface area contributed by atoms with Crippen molar-refractivity contribution in [1.82, 2.24) is 14.5 Å². The lowest BCUT2D eigenvalue weighted by molar-refractivity contribution is 0.0497. The van der Waals surface area contributed by atoms with Gasteiger partial charge in [0.05, 0.1) is 11.1 Å². The van der Waals surface area contributed by atoms with Gasteiger partial charge in [0.25, 0.3) is 5.91 Å². The topological polar surface area (TPSA) is 73.7 Å². The molecule has 0 aliphatic carbocycles. The monoisotopic (exact) mass is 421 g/mol. The quantitative estimate of drug-likeness (QED) is 0.691. The highest BCUT2D eigenvalue weighted by atomic mass is 35.5. The molecule has 0 N–H and O–H groups in total. The van der Waals surface area contributed by atoms with Gasteiger partial charge in [0.15, 0.2) is 5.15 Å². The van der Waals surface area contributed by atoms with Crippen molar-refractivity contribution in [2.75, 3.05) is 26.8 Å². The number of rotatable bonds is 3. The molecular formula is C21H28ClN3O4. The third kappa shape index (κ3) is 4.73. The van der Waals surface area contributed by atoms with Crippen LogP contribution in [0, 0.1) is 12.8 Å². The molecule has 0 atom stereocenters. The first-order valence-corrected chi connectivity index (χ1v) is 10.2. The van der Waals surface area contributed by atoms with Crippen LogP contribution in [0.2, 0.25) is 5.15 Å². The summed E-state index contributed by atoms with van der Waals surface area (Å²) in [7, 11) is 1.79. The summed E-state index contributed by atoms with van der Waals surface area (Å²) in [5.41, 5.74) is 0.930. The van der Waals surface area contributed by atoms with Crippen LogP contribution >= 0.6 is 11.6 Å². The van der Waals surface area contributed by atoms with Gasteiger partial charge in [-0.25, -0.2) is 14.3 Å². The molecular weight excluding hydrogens is 394 g/mol. The molecule has 2 aromatic rings. The fraction of sp³-hybridized carbons (Fsp3) is 0.571. The molecule has 1 aliphatic heterocycles. The van der Waals surface area contributed by atoms with Crippen molar-refractivity contribution in [1.29, 1.82) is 0 Å². The van der Waals surface area contributed by atoms with Gasteiger partial charge in [-0.15, -0.1) is 0 Å². The molecule has 3 heterocycles. The molecule has 0 aromatic carbocycles. The van der Waals surface area contributed by atoms with Gasteiger partial charge in [-0.1, -0.05) is 11.6 Å². The second-order valence-electron chi connectivity index (χ2n) is 8.59. The third-order valence-electron chi connectivity index (χ3n) is 5.01. The Labute approximate surface area is 175 Å². The summed E-state index contributed by atoms with van der Waals surface area (Å²) in [5, 5.41) is 0.780. The van der Waals surface area contributed by atoms with E-state index >= 15 is 0 Å². The maximum Gasteiger partial charge on any atom is 0.419 e. The van der Waals surface area contributed by atoms with E-state index in [9.17, 15) is 9.59 Å². The average molecular weight is 422 g/mol. The Kier molecular flexibility index (Phi) is 6.19. The maximum atomic E-state index is 13.2. The predicted octanol–water partition coefficient (Wildman–Crippen LogP) is 4.28. The van der Waals surface area contributed by atoms with Crippen molar-refractivity contribution in [3.63, 3.8) is 0 Å². The molecule has 158 valence electrons. The molecule has 1 amide bonds. The molecule has 29 heavy (non-hydrogen) atoms. The fourth-order valence-electron chi connectivity index (χ4n) is 3.64. The van der Waals surface area contributed by atoms with Crippen LogP contribution in [-0.4, -0.2) is 58.9 Å². The Hall–Kier alpha value is -2.12. The zero-order valence-corrected chi connectivity index (χ0v) is 18.4. The molecule has 3 rings (SSSR count). The standard InChI is InChI=1S/C21H28ClN3O4/c1-13-11-25(20(27)29-21(2,3)4)17-16(13)15(10-23-18(17)22)19(26)24(5)12-14-6-8-28-9-7-14/h10-11,14H,6-9,12H2,1-5H3. The van der Waals surface area contributed by atoms with Crippen LogP contribution in [0.15, 0.2) is 12.4 Å². The summed E-state index contributed by atoms with van der Waals surface area (Å²) < 4.78 is 12.2. The number of fused-ring (bicyclic) bond motifs is 1. The summed E-state index contributed by atoms with van der Waals surface area (Å²) in [6, 6.07) is 0. The van der Waals surface area contributed by atoms with E-state index in [0.29, 0.717) is 28.9 Å². The van der Waals surface area contributed by atoms with Crippen LogP contribution in [0.25, 0.3) is 10.9 Å². The molecule has 0 radical (unpaired) electrons. The number of aryl methyl sites for hydroxylation is 1. The Balaban J connectivity index is 1.96. The first-order chi connectivity index (χ1) is 13.6. The Bertz CT molecular complexity index is 926. The van der Waals surface area contributed by atoms with Crippen molar-refractivity contribution < 1.29 is 19.1 Å². The summed E-state index contributed by atoms with van der Waals surface area (Å²) >= 11 is 6.32. The zero-order valence-electron chi connectivity index (χ0n) is 17.6. The number of hydrogen-bond donors (Lipinski definition) is 0. The smallest absolute Gasteiger partial charge is 0.419 e. The van der Waals surface area contributed by atoms with E-state index in [1.165, 1.54) is 10.8 Å². The van der Waals surface area contributed by atoms with E-state index < -0.39 is 11.7 Å². The number of halogens is 1. The zero-order chi connectivity index (χ0) is 21.3. The number of nitrogens with zero attached hydrogens (tertiary/aromatic N) is 3. The molecule has 1 saturated heterocycles. The van der Waals surface area contributed by atoms with Crippen molar-refractivity contribution in [3.05, 3.63) is 28.7 Å². The molecule has 0 unspecified atom stereocenters. The van der Waals surface area contributed by atoms with E-state index in [4.69, 9.17) is 21.1 Å². The first-order valence-electron chi connectivity index (χ1n) is 9.81. The van der Waals surface area contributed by atoms with Gasteiger partial charge in [0, 0.05) is 44.6 Å². The largest absolute Gasteiger partial charge is 0.443 e. The highest BCUT2D eigenvalue weighted by Crippen LogP contribution is 2.31. The Morgan fingerprint density at radius 1 is 1.34 bits per heavy atom. The van der Waals surface area contributed by atoms with E-state index in [1.807, 2.05) is 6.92 Å². The second kappa shape index (κ2) is 8.32. The number of amides is 1. The van der Waals surface area contributed by atoms with Crippen LogP contribution in [0.1, 0.15) is 49.5 Å². The van der Waals surface area contributed by atoms with Gasteiger partial charge < -0.3 is 14.4 Å². The van der Waals surface area contributed by atoms with E-state index in [2.05, 4.69) is 4.98 Å². The Morgan fingerprint density at radius 2 is 2.00 bits per heavy atom. The van der Waals surface area contributed by atoms with Crippen LogP contribution < -0.4 is 0 Å². The number of carbonyl (C=O) groups excluding carboxylic acids is 2. The minimum atomic E-state index is -0.654. The normalized spacial score (nSPS) is 15.5. The minimum absolute atomic E-state index is 0.143. The van der Waals surface area contributed by atoms with Crippen LogP contribution in [0.5, 0.6) is 0 Å². The maximum absolute atomic E-state index is 13.2. The molecule has 2 aromatic heterocycles.